The fourth-order valence-corrected chi connectivity index (χ4v) is 2.18. The number of amides is 1. The summed E-state index contributed by atoms with van der Waals surface area (Å²) < 4.78 is 43.9. The number of hydrogen-bond donors (Lipinski definition) is 1. The van der Waals surface area contributed by atoms with E-state index in [1.54, 1.807) is 6.07 Å². The predicted octanol–water partition coefficient (Wildman–Crippen LogP) is 3.85. The zero-order chi connectivity index (χ0) is 18.4. The zero-order valence-corrected chi connectivity index (χ0v) is 13.7. The molecule has 7 heteroatoms. The van der Waals surface area contributed by atoms with Crippen LogP contribution in [0.1, 0.15) is 22.3 Å². The average Bonchev–Trinajstić information content (AvgIpc) is 2.53. The van der Waals surface area contributed by atoms with Gasteiger partial charge in [-0.25, -0.2) is 5.43 Å². The first-order valence-electron chi connectivity index (χ1n) is 7.45. The van der Waals surface area contributed by atoms with E-state index in [0.29, 0.717) is 5.75 Å². The van der Waals surface area contributed by atoms with Crippen LogP contribution in [0.4, 0.5) is 13.2 Å². The van der Waals surface area contributed by atoms with Crippen LogP contribution in [-0.2, 0) is 11.0 Å². The molecule has 1 amide bonds. The molecule has 0 aliphatic heterocycles. The molecule has 0 unspecified atom stereocenters. The summed E-state index contributed by atoms with van der Waals surface area (Å²) in [5, 5.41) is 3.56. The smallest absolute Gasteiger partial charge is 0.417 e. The van der Waals surface area contributed by atoms with Gasteiger partial charge in [-0.05, 0) is 31.5 Å². The van der Waals surface area contributed by atoms with Crippen molar-refractivity contribution < 1.29 is 22.7 Å². The Morgan fingerprint density at radius 2 is 1.92 bits per heavy atom. The van der Waals surface area contributed by atoms with Crippen LogP contribution in [0, 0.1) is 13.8 Å². The van der Waals surface area contributed by atoms with E-state index >= 15 is 0 Å². The number of nitrogens with zero attached hydrogens (tertiary/aromatic N) is 1. The van der Waals surface area contributed by atoms with E-state index in [2.05, 4.69) is 10.5 Å². The summed E-state index contributed by atoms with van der Waals surface area (Å²) in [6, 6.07) is 10.5. The second-order valence-electron chi connectivity index (χ2n) is 5.44. The molecule has 0 spiro atoms. The lowest BCUT2D eigenvalue weighted by Gasteiger charge is -2.10. The molecule has 0 saturated carbocycles. The summed E-state index contributed by atoms with van der Waals surface area (Å²) >= 11 is 0. The van der Waals surface area contributed by atoms with Gasteiger partial charge in [-0.1, -0.05) is 35.9 Å². The molecular formula is C18H17F3N2O2. The molecule has 0 aromatic heterocycles. The van der Waals surface area contributed by atoms with E-state index in [9.17, 15) is 18.0 Å². The SMILES string of the molecule is Cc1ccc(OCC(=O)NN=Cc2ccccc2C(F)(F)F)c(C)c1. The molecule has 2 aromatic carbocycles. The minimum atomic E-state index is -4.49. The number of alkyl halides is 3. The number of benzene rings is 2. The highest BCUT2D eigenvalue weighted by Gasteiger charge is 2.32. The van der Waals surface area contributed by atoms with Crippen LogP contribution in [0.2, 0.25) is 0 Å². The van der Waals surface area contributed by atoms with E-state index in [1.165, 1.54) is 18.2 Å². The van der Waals surface area contributed by atoms with Crippen LogP contribution >= 0.6 is 0 Å². The van der Waals surface area contributed by atoms with E-state index < -0.39 is 17.6 Å². The number of ether oxygens (including phenoxy) is 1. The number of rotatable bonds is 5. The van der Waals surface area contributed by atoms with Crippen molar-refractivity contribution in [2.45, 2.75) is 20.0 Å². The van der Waals surface area contributed by atoms with Crippen molar-refractivity contribution in [2.75, 3.05) is 6.61 Å². The Morgan fingerprint density at radius 3 is 2.60 bits per heavy atom. The van der Waals surface area contributed by atoms with Crippen molar-refractivity contribution >= 4 is 12.1 Å². The molecule has 0 radical (unpaired) electrons. The van der Waals surface area contributed by atoms with Crippen LogP contribution in [0.3, 0.4) is 0 Å². The molecule has 0 atom stereocenters. The quantitative estimate of drug-likeness (QED) is 0.658. The van der Waals surface area contributed by atoms with Crippen molar-refractivity contribution in [1.82, 2.24) is 5.43 Å². The summed E-state index contributed by atoms with van der Waals surface area (Å²) in [6.45, 7) is 3.51. The van der Waals surface area contributed by atoms with Gasteiger partial charge < -0.3 is 4.74 Å². The molecule has 132 valence electrons. The predicted molar refractivity (Wildman–Crippen MR) is 88.6 cm³/mol. The summed E-state index contributed by atoms with van der Waals surface area (Å²) in [7, 11) is 0. The zero-order valence-electron chi connectivity index (χ0n) is 13.7. The molecule has 0 fully saturated rings. The monoisotopic (exact) mass is 350 g/mol. The second-order valence-corrected chi connectivity index (χ2v) is 5.44. The molecule has 2 rings (SSSR count). The Kier molecular flexibility index (Phi) is 5.80. The van der Waals surface area contributed by atoms with Crippen LogP contribution in [0.5, 0.6) is 5.75 Å². The Balaban J connectivity index is 1.93. The van der Waals surface area contributed by atoms with Gasteiger partial charge in [0, 0.05) is 5.56 Å². The number of carbonyl (C=O) groups is 1. The van der Waals surface area contributed by atoms with Gasteiger partial charge in [0.25, 0.3) is 5.91 Å². The van der Waals surface area contributed by atoms with E-state index in [1.807, 2.05) is 26.0 Å². The third-order valence-electron chi connectivity index (χ3n) is 3.35. The summed E-state index contributed by atoms with van der Waals surface area (Å²) in [5.41, 5.74) is 3.15. The van der Waals surface area contributed by atoms with E-state index in [0.717, 1.165) is 23.4 Å². The van der Waals surface area contributed by atoms with Crippen molar-refractivity contribution in [3.8, 4) is 5.75 Å². The molecule has 0 saturated heterocycles. The first-order valence-corrected chi connectivity index (χ1v) is 7.45. The molecule has 0 heterocycles. The van der Waals surface area contributed by atoms with Crippen LogP contribution in [0.25, 0.3) is 0 Å². The summed E-state index contributed by atoms with van der Waals surface area (Å²) in [4.78, 5) is 11.7. The van der Waals surface area contributed by atoms with Gasteiger partial charge in [0.15, 0.2) is 6.61 Å². The Hall–Kier alpha value is -2.83. The van der Waals surface area contributed by atoms with Crippen LogP contribution < -0.4 is 10.2 Å². The molecule has 0 aliphatic rings. The van der Waals surface area contributed by atoms with Crippen molar-refractivity contribution in [2.24, 2.45) is 5.10 Å². The minimum Gasteiger partial charge on any atom is -0.483 e. The highest BCUT2D eigenvalue weighted by molar-refractivity contribution is 5.84. The highest BCUT2D eigenvalue weighted by atomic mass is 19.4. The molecule has 1 N–H and O–H groups in total. The maximum atomic E-state index is 12.8. The minimum absolute atomic E-state index is 0.134. The lowest BCUT2D eigenvalue weighted by molar-refractivity contribution is -0.137. The van der Waals surface area contributed by atoms with Gasteiger partial charge in [0.05, 0.1) is 11.8 Å². The number of aryl methyl sites for hydroxylation is 2. The normalized spacial score (nSPS) is 11.6. The van der Waals surface area contributed by atoms with Gasteiger partial charge in [0.1, 0.15) is 5.75 Å². The number of nitrogens with one attached hydrogen (secondary N) is 1. The number of hydrogen-bond acceptors (Lipinski definition) is 3. The van der Waals surface area contributed by atoms with Gasteiger partial charge in [0.2, 0.25) is 0 Å². The van der Waals surface area contributed by atoms with Gasteiger partial charge >= 0.3 is 6.18 Å². The number of halogens is 3. The van der Waals surface area contributed by atoms with Gasteiger partial charge in [-0.2, -0.15) is 18.3 Å². The first-order chi connectivity index (χ1) is 11.8. The Morgan fingerprint density at radius 1 is 1.20 bits per heavy atom. The fraction of sp³-hybridized carbons (Fsp3) is 0.222. The fourth-order valence-electron chi connectivity index (χ4n) is 2.18. The number of carbonyl (C=O) groups excluding carboxylic acids is 1. The van der Waals surface area contributed by atoms with Crippen molar-refractivity contribution in [3.63, 3.8) is 0 Å². The first kappa shape index (κ1) is 18.5. The second kappa shape index (κ2) is 7.83. The highest BCUT2D eigenvalue weighted by Crippen LogP contribution is 2.31. The van der Waals surface area contributed by atoms with Gasteiger partial charge in [-0.15, -0.1) is 0 Å². The molecule has 25 heavy (non-hydrogen) atoms. The average molecular weight is 350 g/mol. The molecule has 4 nitrogen and oxygen atoms in total. The van der Waals surface area contributed by atoms with Crippen LogP contribution in [-0.4, -0.2) is 18.7 Å². The maximum absolute atomic E-state index is 12.8. The maximum Gasteiger partial charge on any atom is 0.417 e. The standard InChI is InChI=1S/C18H17F3N2O2/c1-12-7-8-16(13(2)9-12)25-11-17(24)23-22-10-14-5-3-4-6-15(14)18(19,20)21/h3-10H,11H2,1-2H3,(H,23,24). The third-order valence-corrected chi connectivity index (χ3v) is 3.35. The van der Waals surface area contributed by atoms with Gasteiger partial charge in [-0.3, -0.25) is 4.79 Å². The molecule has 2 aromatic rings. The summed E-state index contributed by atoms with van der Waals surface area (Å²) in [6.07, 6.45) is -3.53. The Labute approximate surface area is 143 Å². The summed E-state index contributed by atoms with van der Waals surface area (Å²) in [5.74, 6) is -0.00661. The van der Waals surface area contributed by atoms with Crippen molar-refractivity contribution in [3.05, 3.63) is 64.7 Å². The lowest BCUT2D eigenvalue weighted by Crippen LogP contribution is -2.25. The largest absolute Gasteiger partial charge is 0.483 e. The van der Waals surface area contributed by atoms with E-state index in [4.69, 9.17) is 4.74 Å². The van der Waals surface area contributed by atoms with Crippen molar-refractivity contribution in [1.29, 1.82) is 0 Å². The molecular weight excluding hydrogens is 333 g/mol. The molecule has 0 bridgehead atoms. The topological polar surface area (TPSA) is 50.7 Å². The Bertz CT molecular complexity index is 786. The third kappa shape index (κ3) is 5.34. The van der Waals surface area contributed by atoms with Crippen LogP contribution in [0.15, 0.2) is 47.6 Å². The number of hydrazone groups is 1. The lowest BCUT2D eigenvalue weighted by atomic mass is 10.1. The van der Waals surface area contributed by atoms with E-state index in [-0.39, 0.29) is 12.2 Å². The molecule has 0 aliphatic carbocycles.